The van der Waals surface area contributed by atoms with Gasteiger partial charge in [0.25, 0.3) is 0 Å². The van der Waals surface area contributed by atoms with Gasteiger partial charge in [-0.05, 0) is 28.1 Å². The van der Waals surface area contributed by atoms with Crippen molar-refractivity contribution in [2.75, 3.05) is 0 Å². The summed E-state index contributed by atoms with van der Waals surface area (Å²) in [5, 5.41) is 0. The maximum absolute atomic E-state index is 12.8. The maximum Gasteiger partial charge on any atom is 0.300 e. The Bertz CT molecular complexity index is 338. The fourth-order valence-corrected chi connectivity index (χ4v) is 1.27. The van der Waals surface area contributed by atoms with Crippen LogP contribution in [0.4, 0.5) is 13.2 Å². The molecule has 1 nitrogen and oxygen atoms in total. The number of halogens is 4. The first-order valence-electron chi connectivity index (χ1n) is 3.30. The van der Waals surface area contributed by atoms with Crippen molar-refractivity contribution in [3.05, 3.63) is 34.1 Å². The van der Waals surface area contributed by atoms with Crippen molar-refractivity contribution in [3.8, 4) is 0 Å². The molecule has 0 saturated heterocycles. The maximum atomic E-state index is 12.8. The van der Waals surface area contributed by atoms with Crippen LogP contribution in [0.5, 0.6) is 0 Å². The minimum absolute atomic E-state index is 0.222. The van der Waals surface area contributed by atoms with Crippen LogP contribution in [-0.2, 0) is 0 Å². The number of Topliss-reactive ketones (excluding diaryl/α,β-unsaturated/α-hetero) is 1. The third-order valence-electron chi connectivity index (χ3n) is 1.42. The summed E-state index contributed by atoms with van der Waals surface area (Å²) in [6.07, 6.45) is -3.11. The minimum atomic E-state index is -3.11. The van der Waals surface area contributed by atoms with Crippen LogP contribution in [0.3, 0.4) is 0 Å². The Labute approximate surface area is 80.7 Å². The highest BCUT2D eigenvalue weighted by molar-refractivity contribution is 9.10. The van der Waals surface area contributed by atoms with Gasteiger partial charge in [0.15, 0.2) is 0 Å². The summed E-state index contributed by atoms with van der Waals surface area (Å²) < 4.78 is 36.4. The zero-order valence-corrected chi connectivity index (χ0v) is 7.82. The van der Waals surface area contributed by atoms with E-state index in [2.05, 4.69) is 15.9 Å². The van der Waals surface area contributed by atoms with Crippen molar-refractivity contribution < 1.29 is 18.0 Å². The molecule has 1 aromatic carbocycles. The third-order valence-corrected chi connectivity index (χ3v) is 2.22. The predicted octanol–water partition coefficient (Wildman–Crippen LogP) is 3.04. The topological polar surface area (TPSA) is 17.1 Å². The van der Waals surface area contributed by atoms with Gasteiger partial charge in [-0.25, -0.2) is 13.2 Å². The second kappa shape index (κ2) is 3.91. The van der Waals surface area contributed by atoms with Crippen molar-refractivity contribution in [3.63, 3.8) is 0 Å². The van der Waals surface area contributed by atoms with Gasteiger partial charge < -0.3 is 0 Å². The van der Waals surface area contributed by atoms with Gasteiger partial charge in [0.05, 0.1) is 4.47 Å². The van der Waals surface area contributed by atoms with Crippen LogP contribution >= 0.6 is 15.9 Å². The molecule has 0 radical (unpaired) electrons. The lowest BCUT2D eigenvalue weighted by Crippen LogP contribution is -2.11. The standard InChI is InChI=1S/C8H4BrF3O/c9-6-4(7(13)8(11)12)2-1-3-5(6)10/h1-3,8H. The Balaban J connectivity index is 3.15. The van der Waals surface area contributed by atoms with E-state index in [0.29, 0.717) is 0 Å². The van der Waals surface area contributed by atoms with Crippen molar-refractivity contribution in [1.29, 1.82) is 0 Å². The summed E-state index contributed by atoms with van der Waals surface area (Å²) in [6, 6.07) is 3.42. The molecule has 0 aliphatic rings. The molecule has 70 valence electrons. The first-order chi connectivity index (χ1) is 6.04. The van der Waals surface area contributed by atoms with Gasteiger partial charge in [0, 0.05) is 5.56 Å². The third kappa shape index (κ3) is 2.09. The van der Waals surface area contributed by atoms with Crippen molar-refractivity contribution in [2.45, 2.75) is 6.43 Å². The van der Waals surface area contributed by atoms with Gasteiger partial charge in [-0.3, -0.25) is 4.79 Å². The first kappa shape index (κ1) is 10.2. The molecule has 0 spiro atoms. The quantitative estimate of drug-likeness (QED) is 0.740. The monoisotopic (exact) mass is 252 g/mol. The summed E-state index contributed by atoms with van der Waals surface area (Å²) in [4.78, 5) is 10.8. The molecule has 5 heteroatoms. The largest absolute Gasteiger partial charge is 0.300 e. The van der Waals surface area contributed by atoms with E-state index in [1.165, 1.54) is 6.07 Å². The van der Waals surface area contributed by atoms with Crippen LogP contribution in [0, 0.1) is 5.82 Å². The predicted molar refractivity (Wildman–Crippen MR) is 44.4 cm³/mol. The Morgan fingerprint density at radius 3 is 2.54 bits per heavy atom. The minimum Gasteiger partial charge on any atom is -0.288 e. The summed E-state index contributed by atoms with van der Waals surface area (Å²) in [5.41, 5.74) is -0.338. The number of hydrogen-bond donors (Lipinski definition) is 0. The van der Waals surface area contributed by atoms with Crippen LogP contribution < -0.4 is 0 Å². The average molecular weight is 253 g/mol. The van der Waals surface area contributed by atoms with Gasteiger partial charge in [-0.2, -0.15) is 0 Å². The molecular formula is C8H4BrF3O. The number of benzene rings is 1. The first-order valence-corrected chi connectivity index (χ1v) is 4.09. The summed E-state index contributed by atoms with van der Waals surface area (Å²) >= 11 is 2.72. The number of carbonyl (C=O) groups is 1. The molecule has 0 amide bonds. The average Bonchev–Trinajstić information content (AvgIpc) is 2.08. The molecule has 0 unspecified atom stereocenters. The number of ketones is 1. The van der Waals surface area contributed by atoms with E-state index >= 15 is 0 Å². The van der Waals surface area contributed by atoms with Gasteiger partial charge >= 0.3 is 6.43 Å². The molecule has 0 bridgehead atoms. The fourth-order valence-electron chi connectivity index (χ4n) is 0.812. The summed E-state index contributed by atoms with van der Waals surface area (Å²) in [5.74, 6) is -2.11. The van der Waals surface area contributed by atoms with Crippen molar-refractivity contribution >= 4 is 21.7 Å². The highest BCUT2D eigenvalue weighted by atomic mass is 79.9. The molecule has 0 aromatic heterocycles. The molecule has 1 rings (SSSR count). The van der Waals surface area contributed by atoms with E-state index in [1.54, 1.807) is 0 Å². The zero-order valence-electron chi connectivity index (χ0n) is 6.23. The molecule has 0 saturated carbocycles. The molecule has 0 fully saturated rings. The number of carbonyl (C=O) groups excluding carboxylic acids is 1. The van der Waals surface area contributed by atoms with Crippen LogP contribution in [0.2, 0.25) is 0 Å². The summed E-state index contributed by atoms with van der Waals surface area (Å²) in [7, 11) is 0. The van der Waals surface area contributed by atoms with Crippen LogP contribution in [-0.4, -0.2) is 12.2 Å². The fraction of sp³-hybridized carbons (Fsp3) is 0.125. The Morgan fingerprint density at radius 2 is 2.00 bits per heavy atom. The van der Waals surface area contributed by atoms with E-state index in [4.69, 9.17) is 0 Å². The Morgan fingerprint density at radius 1 is 1.38 bits per heavy atom. The second-order valence-electron chi connectivity index (χ2n) is 2.27. The molecule has 0 aliphatic heterocycles. The van der Waals surface area contributed by atoms with Gasteiger partial charge in [-0.15, -0.1) is 0 Å². The zero-order chi connectivity index (χ0) is 10.0. The SMILES string of the molecule is O=C(c1cccc(F)c1Br)C(F)F. The highest BCUT2D eigenvalue weighted by Crippen LogP contribution is 2.22. The lowest BCUT2D eigenvalue weighted by atomic mass is 10.1. The lowest BCUT2D eigenvalue weighted by molar-refractivity contribution is 0.0677. The number of hydrogen-bond acceptors (Lipinski definition) is 1. The van der Waals surface area contributed by atoms with E-state index in [1.807, 2.05) is 0 Å². The number of alkyl halides is 2. The van der Waals surface area contributed by atoms with Crippen LogP contribution in [0.1, 0.15) is 10.4 Å². The molecular weight excluding hydrogens is 249 g/mol. The molecule has 0 aliphatic carbocycles. The van der Waals surface area contributed by atoms with E-state index in [-0.39, 0.29) is 10.0 Å². The molecule has 0 atom stereocenters. The van der Waals surface area contributed by atoms with Crippen molar-refractivity contribution in [1.82, 2.24) is 0 Å². The normalized spacial score (nSPS) is 10.5. The Hall–Kier alpha value is -0.840. The molecule has 1 aromatic rings. The molecule has 0 heterocycles. The lowest BCUT2D eigenvalue weighted by Gasteiger charge is -2.02. The highest BCUT2D eigenvalue weighted by Gasteiger charge is 2.21. The molecule has 13 heavy (non-hydrogen) atoms. The van der Waals surface area contributed by atoms with Gasteiger partial charge in [-0.1, -0.05) is 6.07 Å². The van der Waals surface area contributed by atoms with E-state index < -0.39 is 18.0 Å². The Kier molecular flexibility index (Phi) is 3.08. The second-order valence-corrected chi connectivity index (χ2v) is 3.06. The smallest absolute Gasteiger partial charge is 0.288 e. The summed E-state index contributed by atoms with van der Waals surface area (Å²) in [6.45, 7) is 0. The van der Waals surface area contributed by atoms with E-state index in [9.17, 15) is 18.0 Å². The van der Waals surface area contributed by atoms with Crippen LogP contribution in [0.25, 0.3) is 0 Å². The van der Waals surface area contributed by atoms with Crippen molar-refractivity contribution in [2.24, 2.45) is 0 Å². The van der Waals surface area contributed by atoms with E-state index in [0.717, 1.165) is 12.1 Å². The number of rotatable bonds is 2. The van der Waals surface area contributed by atoms with Crippen LogP contribution in [0.15, 0.2) is 22.7 Å². The van der Waals surface area contributed by atoms with Gasteiger partial charge in [0.2, 0.25) is 5.78 Å². The molecule has 0 N–H and O–H groups in total. The van der Waals surface area contributed by atoms with Gasteiger partial charge in [0.1, 0.15) is 5.82 Å².